The van der Waals surface area contributed by atoms with Crippen molar-refractivity contribution in [3.8, 4) is 0 Å². The van der Waals surface area contributed by atoms with E-state index < -0.39 is 0 Å². The zero-order valence-corrected chi connectivity index (χ0v) is 16.4. The number of benzene rings is 2. The minimum Gasteiger partial charge on any atom is -0.361 e. The van der Waals surface area contributed by atoms with E-state index in [1.54, 1.807) is 12.4 Å². The van der Waals surface area contributed by atoms with Crippen LogP contribution in [0.2, 0.25) is 0 Å². The number of pyridine rings is 1. The second-order valence-electron chi connectivity index (χ2n) is 7.29. The molecule has 0 saturated carbocycles. The van der Waals surface area contributed by atoms with E-state index in [0.717, 1.165) is 28.5 Å². The van der Waals surface area contributed by atoms with Gasteiger partial charge in [0.2, 0.25) is 0 Å². The van der Waals surface area contributed by atoms with E-state index in [1.807, 2.05) is 47.3 Å². The summed E-state index contributed by atoms with van der Waals surface area (Å²) < 4.78 is 1.85. The van der Waals surface area contributed by atoms with Gasteiger partial charge in [0.1, 0.15) is 0 Å². The molecule has 30 heavy (non-hydrogen) atoms. The Balaban J connectivity index is 1.26. The van der Waals surface area contributed by atoms with Gasteiger partial charge in [0.15, 0.2) is 5.65 Å². The molecule has 0 saturated heterocycles. The van der Waals surface area contributed by atoms with E-state index in [-0.39, 0.29) is 5.91 Å². The number of aromatic nitrogens is 4. The predicted molar refractivity (Wildman–Crippen MR) is 117 cm³/mol. The third-order valence-corrected chi connectivity index (χ3v) is 5.27. The van der Waals surface area contributed by atoms with Gasteiger partial charge in [-0.25, -0.2) is 9.67 Å². The van der Waals surface area contributed by atoms with Crippen LogP contribution in [0.4, 0.5) is 0 Å². The Morgan fingerprint density at radius 2 is 1.87 bits per heavy atom. The normalized spacial score (nSPS) is 11.2. The summed E-state index contributed by atoms with van der Waals surface area (Å²) in [6, 6.07) is 20.1. The number of carbonyl (C=O) groups excluding carboxylic acids is 1. The largest absolute Gasteiger partial charge is 0.361 e. The lowest BCUT2D eigenvalue weighted by atomic mass is 10.1. The fourth-order valence-corrected chi connectivity index (χ4v) is 3.72. The second-order valence-corrected chi connectivity index (χ2v) is 7.29. The molecule has 0 spiro atoms. The van der Waals surface area contributed by atoms with Gasteiger partial charge >= 0.3 is 0 Å². The number of hydrogen-bond acceptors (Lipinski definition) is 3. The molecule has 2 aromatic carbocycles. The Hall–Kier alpha value is -3.93. The zero-order valence-electron chi connectivity index (χ0n) is 16.4. The maximum Gasteiger partial charge on any atom is 0.252 e. The van der Waals surface area contributed by atoms with Crippen LogP contribution in [0.5, 0.6) is 0 Å². The Bertz CT molecular complexity index is 1320. The molecule has 2 N–H and O–H groups in total. The van der Waals surface area contributed by atoms with Gasteiger partial charge in [0.25, 0.3) is 5.91 Å². The van der Waals surface area contributed by atoms with E-state index in [1.165, 1.54) is 10.9 Å². The molecule has 5 aromatic rings. The summed E-state index contributed by atoms with van der Waals surface area (Å²) in [5, 5.41) is 9.48. The van der Waals surface area contributed by atoms with Crippen LogP contribution in [0.25, 0.3) is 21.9 Å². The van der Waals surface area contributed by atoms with Gasteiger partial charge in [-0.15, -0.1) is 0 Å². The summed E-state index contributed by atoms with van der Waals surface area (Å²) in [7, 11) is 0. The number of carbonyl (C=O) groups is 1. The summed E-state index contributed by atoms with van der Waals surface area (Å²) in [4.78, 5) is 20.3. The fraction of sp³-hybridized carbons (Fsp3) is 0.125. The molecule has 148 valence electrons. The van der Waals surface area contributed by atoms with Crippen molar-refractivity contribution in [2.24, 2.45) is 0 Å². The second kappa shape index (κ2) is 7.83. The summed E-state index contributed by atoms with van der Waals surface area (Å²) in [5.74, 6) is -0.125. The van der Waals surface area contributed by atoms with Crippen LogP contribution in [0.3, 0.4) is 0 Å². The average molecular weight is 395 g/mol. The first-order valence-electron chi connectivity index (χ1n) is 9.96. The molecule has 3 aromatic heterocycles. The third-order valence-electron chi connectivity index (χ3n) is 5.27. The van der Waals surface area contributed by atoms with Crippen molar-refractivity contribution in [1.29, 1.82) is 0 Å². The lowest BCUT2D eigenvalue weighted by molar-refractivity contribution is 0.0954. The standard InChI is InChI=1S/C24H21N5O/c30-24(25-11-10-18-13-26-22-9-5-4-8-21(18)22)20-12-19-15-28-29(23(19)27-14-20)16-17-6-2-1-3-7-17/h1-9,12-15,26H,10-11,16H2,(H,25,30). The van der Waals surface area contributed by atoms with Crippen molar-refractivity contribution >= 4 is 27.8 Å². The molecular weight excluding hydrogens is 374 g/mol. The maximum atomic E-state index is 12.6. The van der Waals surface area contributed by atoms with Crippen molar-refractivity contribution in [3.05, 3.63) is 95.9 Å². The topological polar surface area (TPSA) is 75.6 Å². The number of rotatable bonds is 6. The molecule has 1 amide bonds. The first-order chi connectivity index (χ1) is 14.8. The number of fused-ring (bicyclic) bond motifs is 2. The van der Waals surface area contributed by atoms with Gasteiger partial charge in [-0.05, 0) is 29.7 Å². The minimum atomic E-state index is -0.125. The van der Waals surface area contributed by atoms with E-state index >= 15 is 0 Å². The molecule has 0 atom stereocenters. The summed E-state index contributed by atoms with van der Waals surface area (Å²) in [5.41, 5.74) is 4.78. The highest BCUT2D eigenvalue weighted by Crippen LogP contribution is 2.18. The first kappa shape index (κ1) is 18.1. The highest BCUT2D eigenvalue weighted by molar-refractivity contribution is 5.96. The molecule has 0 bridgehead atoms. The van der Waals surface area contributed by atoms with E-state index in [4.69, 9.17) is 0 Å². The molecular formula is C24H21N5O. The van der Waals surface area contributed by atoms with Crippen LogP contribution in [0, 0.1) is 0 Å². The van der Waals surface area contributed by atoms with E-state index in [9.17, 15) is 4.79 Å². The minimum absolute atomic E-state index is 0.125. The molecule has 6 heteroatoms. The fourth-order valence-electron chi connectivity index (χ4n) is 3.72. The van der Waals surface area contributed by atoms with Crippen molar-refractivity contribution in [3.63, 3.8) is 0 Å². The smallest absolute Gasteiger partial charge is 0.252 e. The zero-order chi connectivity index (χ0) is 20.3. The lowest BCUT2D eigenvalue weighted by Gasteiger charge is -2.06. The van der Waals surface area contributed by atoms with Crippen LogP contribution in [-0.4, -0.2) is 32.2 Å². The molecule has 0 aliphatic heterocycles. The lowest BCUT2D eigenvalue weighted by Crippen LogP contribution is -2.25. The number of nitrogens with one attached hydrogen (secondary N) is 2. The van der Waals surface area contributed by atoms with Crippen molar-refractivity contribution in [2.45, 2.75) is 13.0 Å². The van der Waals surface area contributed by atoms with Gasteiger partial charge in [-0.2, -0.15) is 5.10 Å². The number of amides is 1. The molecule has 0 fully saturated rings. The average Bonchev–Trinajstić information content (AvgIpc) is 3.38. The Kier molecular flexibility index (Phi) is 4.73. The van der Waals surface area contributed by atoms with Gasteiger partial charge < -0.3 is 10.3 Å². The molecule has 0 radical (unpaired) electrons. The van der Waals surface area contributed by atoms with Crippen LogP contribution in [0.15, 0.2) is 79.3 Å². The van der Waals surface area contributed by atoms with E-state index in [0.29, 0.717) is 18.7 Å². The van der Waals surface area contributed by atoms with Crippen LogP contribution in [-0.2, 0) is 13.0 Å². The number of hydrogen-bond donors (Lipinski definition) is 2. The Morgan fingerprint density at radius 1 is 1.03 bits per heavy atom. The number of H-pyrrole nitrogens is 1. The van der Waals surface area contributed by atoms with Gasteiger partial charge in [-0.1, -0.05) is 48.5 Å². The van der Waals surface area contributed by atoms with E-state index in [2.05, 4.69) is 44.6 Å². The van der Waals surface area contributed by atoms with Crippen LogP contribution < -0.4 is 5.32 Å². The molecule has 0 aliphatic carbocycles. The molecule has 6 nitrogen and oxygen atoms in total. The SMILES string of the molecule is O=C(NCCc1c[nH]c2ccccc12)c1cnc2c(cnn2Cc2ccccc2)c1. The molecule has 3 heterocycles. The molecule has 5 rings (SSSR count). The number of nitrogens with zero attached hydrogens (tertiary/aromatic N) is 3. The van der Waals surface area contributed by atoms with Crippen molar-refractivity contribution in [1.82, 2.24) is 25.1 Å². The number of aromatic amines is 1. The van der Waals surface area contributed by atoms with Gasteiger partial charge in [0.05, 0.1) is 18.3 Å². The quantitative estimate of drug-likeness (QED) is 0.457. The Morgan fingerprint density at radius 3 is 2.77 bits per heavy atom. The monoisotopic (exact) mass is 395 g/mol. The Labute approximate surface area is 173 Å². The van der Waals surface area contributed by atoms with Gasteiger partial charge in [0, 0.05) is 35.2 Å². The third kappa shape index (κ3) is 3.55. The van der Waals surface area contributed by atoms with Crippen molar-refractivity contribution in [2.75, 3.05) is 6.54 Å². The number of para-hydroxylation sites is 1. The highest BCUT2D eigenvalue weighted by atomic mass is 16.1. The first-order valence-corrected chi connectivity index (χ1v) is 9.96. The molecule has 0 aliphatic rings. The van der Waals surface area contributed by atoms with Crippen LogP contribution in [0.1, 0.15) is 21.5 Å². The highest BCUT2D eigenvalue weighted by Gasteiger charge is 2.11. The maximum absolute atomic E-state index is 12.6. The molecule has 0 unspecified atom stereocenters. The van der Waals surface area contributed by atoms with Crippen molar-refractivity contribution < 1.29 is 4.79 Å². The summed E-state index contributed by atoms with van der Waals surface area (Å²) in [6.07, 6.45) is 6.15. The summed E-state index contributed by atoms with van der Waals surface area (Å²) in [6.45, 7) is 1.21. The van der Waals surface area contributed by atoms with Crippen LogP contribution >= 0.6 is 0 Å². The summed E-state index contributed by atoms with van der Waals surface area (Å²) >= 11 is 0. The predicted octanol–water partition coefficient (Wildman–Crippen LogP) is 3.93. The van der Waals surface area contributed by atoms with Gasteiger partial charge in [-0.3, -0.25) is 4.79 Å².